The molecule has 15 heavy (non-hydrogen) atoms. The first-order chi connectivity index (χ1) is 7.29. The van der Waals surface area contributed by atoms with Crippen LogP contribution in [0, 0.1) is 4.51 Å². The van der Waals surface area contributed by atoms with Gasteiger partial charge in [0.15, 0.2) is 0 Å². The van der Waals surface area contributed by atoms with Crippen LogP contribution >= 0.6 is 12.2 Å². The maximum absolute atomic E-state index is 5.17. The number of benzene rings is 1. The molecule has 2 rings (SSSR count). The SMILES string of the molecule is COc1cccc(-n2ccc(=S)cc2)c1. The average Bonchev–Trinajstić information content (AvgIpc) is 2.30. The smallest absolute Gasteiger partial charge is 0.120 e. The highest BCUT2D eigenvalue weighted by atomic mass is 32.1. The van der Waals surface area contributed by atoms with Crippen molar-refractivity contribution in [2.24, 2.45) is 0 Å². The van der Waals surface area contributed by atoms with Gasteiger partial charge in [-0.05, 0) is 24.3 Å². The molecule has 1 aromatic heterocycles. The molecule has 0 aliphatic carbocycles. The number of methoxy groups -OCH3 is 1. The summed E-state index contributed by atoms with van der Waals surface area (Å²) in [7, 11) is 1.66. The van der Waals surface area contributed by atoms with E-state index >= 15 is 0 Å². The summed E-state index contributed by atoms with van der Waals surface area (Å²) >= 11 is 5.03. The number of nitrogens with zero attached hydrogens (tertiary/aromatic N) is 1. The summed E-state index contributed by atoms with van der Waals surface area (Å²) in [4.78, 5) is 0. The molecule has 0 saturated heterocycles. The first kappa shape index (κ1) is 9.93. The van der Waals surface area contributed by atoms with Crippen LogP contribution in [0.1, 0.15) is 0 Å². The standard InChI is InChI=1S/C12H11NOS/c1-14-11-4-2-3-10(9-11)13-7-5-12(15)6-8-13/h2-9H,1H3. The quantitative estimate of drug-likeness (QED) is 0.717. The van der Waals surface area contributed by atoms with Gasteiger partial charge < -0.3 is 9.30 Å². The molecule has 0 aliphatic heterocycles. The predicted molar refractivity (Wildman–Crippen MR) is 63.2 cm³/mol. The van der Waals surface area contributed by atoms with Crippen molar-refractivity contribution in [2.45, 2.75) is 0 Å². The van der Waals surface area contributed by atoms with E-state index in [2.05, 4.69) is 0 Å². The number of hydrogen-bond acceptors (Lipinski definition) is 2. The van der Waals surface area contributed by atoms with E-state index in [1.54, 1.807) is 7.11 Å². The van der Waals surface area contributed by atoms with Crippen molar-refractivity contribution in [2.75, 3.05) is 7.11 Å². The van der Waals surface area contributed by atoms with Crippen molar-refractivity contribution in [3.05, 3.63) is 53.3 Å². The third-order valence-corrected chi connectivity index (χ3v) is 2.42. The monoisotopic (exact) mass is 217 g/mol. The third-order valence-electron chi connectivity index (χ3n) is 2.15. The van der Waals surface area contributed by atoms with Gasteiger partial charge in [0.2, 0.25) is 0 Å². The second kappa shape index (κ2) is 4.28. The van der Waals surface area contributed by atoms with E-state index in [1.165, 1.54) is 0 Å². The summed E-state index contributed by atoms with van der Waals surface area (Å²) in [6.07, 6.45) is 3.88. The van der Waals surface area contributed by atoms with Gasteiger partial charge in [0.25, 0.3) is 0 Å². The zero-order chi connectivity index (χ0) is 10.7. The molecule has 0 bridgehead atoms. The molecule has 0 atom stereocenters. The molecular weight excluding hydrogens is 206 g/mol. The van der Waals surface area contributed by atoms with Crippen LogP contribution in [0.5, 0.6) is 5.75 Å². The summed E-state index contributed by atoms with van der Waals surface area (Å²) in [5, 5.41) is 0. The van der Waals surface area contributed by atoms with Crippen molar-refractivity contribution in [1.82, 2.24) is 4.57 Å². The van der Waals surface area contributed by atoms with Gasteiger partial charge >= 0.3 is 0 Å². The lowest BCUT2D eigenvalue weighted by Crippen LogP contribution is -1.93. The van der Waals surface area contributed by atoms with Crippen LogP contribution in [-0.2, 0) is 0 Å². The molecule has 0 amide bonds. The Kier molecular flexibility index (Phi) is 2.83. The molecule has 1 aromatic carbocycles. The van der Waals surface area contributed by atoms with Crippen molar-refractivity contribution in [3.63, 3.8) is 0 Å². The van der Waals surface area contributed by atoms with Crippen molar-refractivity contribution in [1.29, 1.82) is 0 Å². The van der Waals surface area contributed by atoms with Gasteiger partial charge in [0.1, 0.15) is 5.75 Å². The molecule has 76 valence electrons. The minimum Gasteiger partial charge on any atom is -0.497 e. The number of hydrogen-bond donors (Lipinski definition) is 0. The summed E-state index contributed by atoms with van der Waals surface area (Å²) in [5.74, 6) is 0.849. The van der Waals surface area contributed by atoms with E-state index in [-0.39, 0.29) is 0 Å². The number of aromatic nitrogens is 1. The fraction of sp³-hybridized carbons (Fsp3) is 0.0833. The maximum atomic E-state index is 5.17. The predicted octanol–water partition coefficient (Wildman–Crippen LogP) is 3.22. The van der Waals surface area contributed by atoms with Crippen molar-refractivity contribution in [3.8, 4) is 11.4 Å². The van der Waals surface area contributed by atoms with Gasteiger partial charge in [-0.3, -0.25) is 0 Å². The lowest BCUT2D eigenvalue weighted by molar-refractivity contribution is 0.414. The van der Waals surface area contributed by atoms with E-state index < -0.39 is 0 Å². The van der Waals surface area contributed by atoms with E-state index in [9.17, 15) is 0 Å². The number of rotatable bonds is 2. The summed E-state index contributed by atoms with van der Waals surface area (Å²) < 4.78 is 8.01. The largest absolute Gasteiger partial charge is 0.497 e. The molecule has 0 unspecified atom stereocenters. The van der Waals surface area contributed by atoms with Crippen LogP contribution in [0.25, 0.3) is 5.69 Å². The van der Waals surface area contributed by atoms with Crippen LogP contribution in [-0.4, -0.2) is 11.7 Å². The topological polar surface area (TPSA) is 14.2 Å². The van der Waals surface area contributed by atoms with E-state index in [0.717, 1.165) is 15.9 Å². The second-order valence-corrected chi connectivity index (χ2v) is 3.61. The van der Waals surface area contributed by atoms with Crippen LogP contribution in [0.2, 0.25) is 0 Å². The summed E-state index contributed by atoms with van der Waals surface area (Å²) in [6.45, 7) is 0. The van der Waals surface area contributed by atoms with Crippen molar-refractivity contribution >= 4 is 12.2 Å². The Morgan fingerprint density at radius 3 is 2.53 bits per heavy atom. The first-order valence-corrected chi connectivity index (χ1v) is 5.03. The van der Waals surface area contributed by atoms with E-state index in [4.69, 9.17) is 17.0 Å². The average molecular weight is 217 g/mol. The van der Waals surface area contributed by atoms with Crippen LogP contribution in [0.15, 0.2) is 48.8 Å². The molecule has 0 saturated carbocycles. The first-order valence-electron chi connectivity index (χ1n) is 4.62. The fourth-order valence-corrected chi connectivity index (χ4v) is 1.48. The Morgan fingerprint density at radius 1 is 1.13 bits per heavy atom. The lowest BCUT2D eigenvalue weighted by Gasteiger charge is -2.07. The van der Waals surface area contributed by atoms with Gasteiger partial charge in [-0.2, -0.15) is 0 Å². The number of pyridine rings is 1. The summed E-state index contributed by atoms with van der Waals surface area (Å²) in [5.41, 5.74) is 1.06. The zero-order valence-corrected chi connectivity index (χ0v) is 9.20. The molecular formula is C12H11NOS. The van der Waals surface area contributed by atoms with Gasteiger partial charge in [-0.15, -0.1) is 0 Å². The second-order valence-electron chi connectivity index (χ2n) is 3.14. The Labute approximate surface area is 93.8 Å². The molecule has 0 fully saturated rings. The van der Waals surface area contributed by atoms with Gasteiger partial charge in [-0.25, -0.2) is 0 Å². The Hall–Kier alpha value is -1.61. The lowest BCUT2D eigenvalue weighted by atomic mass is 10.3. The molecule has 3 heteroatoms. The highest BCUT2D eigenvalue weighted by Gasteiger charge is 1.95. The van der Waals surface area contributed by atoms with Crippen LogP contribution in [0.4, 0.5) is 0 Å². The Bertz CT molecular complexity index is 499. The maximum Gasteiger partial charge on any atom is 0.120 e. The molecule has 0 N–H and O–H groups in total. The normalized spacial score (nSPS) is 9.93. The summed E-state index contributed by atoms with van der Waals surface area (Å²) in [6, 6.07) is 11.7. The number of ether oxygens (including phenoxy) is 1. The Balaban J connectivity index is 2.44. The van der Waals surface area contributed by atoms with Gasteiger partial charge in [0, 0.05) is 28.7 Å². The molecule has 0 radical (unpaired) electrons. The van der Waals surface area contributed by atoms with Gasteiger partial charge in [-0.1, -0.05) is 18.3 Å². The van der Waals surface area contributed by atoms with Crippen LogP contribution in [0.3, 0.4) is 0 Å². The third kappa shape index (κ3) is 2.25. The van der Waals surface area contributed by atoms with E-state index in [1.807, 2.05) is 53.4 Å². The highest BCUT2D eigenvalue weighted by molar-refractivity contribution is 7.71. The fourth-order valence-electron chi connectivity index (χ4n) is 1.36. The molecule has 0 aliphatic rings. The van der Waals surface area contributed by atoms with Gasteiger partial charge in [0.05, 0.1) is 7.11 Å². The minimum atomic E-state index is 0.842. The molecule has 2 nitrogen and oxygen atoms in total. The molecule has 0 spiro atoms. The van der Waals surface area contributed by atoms with E-state index in [0.29, 0.717) is 0 Å². The minimum absolute atomic E-state index is 0.842. The highest BCUT2D eigenvalue weighted by Crippen LogP contribution is 2.15. The van der Waals surface area contributed by atoms with Crippen molar-refractivity contribution < 1.29 is 4.74 Å². The molecule has 2 aromatic rings. The zero-order valence-electron chi connectivity index (χ0n) is 8.38. The van der Waals surface area contributed by atoms with Crippen LogP contribution < -0.4 is 4.74 Å². The Morgan fingerprint density at radius 2 is 1.87 bits per heavy atom. The molecule has 1 heterocycles.